The zero-order valence-electron chi connectivity index (χ0n) is 11.9. The van der Waals surface area contributed by atoms with Crippen LogP contribution >= 0.6 is 11.3 Å². The largest absolute Gasteiger partial charge is 0.383 e. The number of rotatable bonds is 4. The van der Waals surface area contributed by atoms with Gasteiger partial charge in [-0.25, -0.2) is 0 Å². The number of hydrogen-bond acceptors (Lipinski definition) is 5. The predicted molar refractivity (Wildman–Crippen MR) is 78.8 cm³/mol. The van der Waals surface area contributed by atoms with Gasteiger partial charge in [0.15, 0.2) is 5.79 Å². The second-order valence-corrected chi connectivity index (χ2v) is 6.96. The normalized spacial score (nSPS) is 25.9. The molecule has 1 spiro atoms. The zero-order chi connectivity index (χ0) is 14.1. The third kappa shape index (κ3) is 3.07. The molecule has 112 valence electrons. The fourth-order valence-corrected chi connectivity index (χ4v) is 3.85. The van der Waals surface area contributed by atoms with Gasteiger partial charge in [-0.2, -0.15) is 0 Å². The first-order valence-electron chi connectivity index (χ1n) is 7.37. The Morgan fingerprint density at radius 3 is 2.70 bits per heavy atom. The molecule has 1 aromatic rings. The quantitative estimate of drug-likeness (QED) is 0.895. The smallest absolute Gasteiger partial charge is 0.168 e. The topological polar surface area (TPSA) is 50.7 Å². The van der Waals surface area contributed by atoms with E-state index in [9.17, 15) is 5.11 Å². The Kier molecular flexibility index (Phi) is 4.15. The van der Waals surface area contributed by atoms with Crippen LogP contribution in [0.3, 0.4) is 0 Å². The van der Waals surface area contributed by atoms with Gasteiger partial charge in [0.25, 0.3) is 0 Å². The summed E-state index contributed by atoms with van der Waals surface area (Å²) >= 11 is 1.60. The molecule has 2 N–H and O–H groups in total. The predicted octanol–water partition coefficient (Wildman–Crippen LogP) is 2.23. The van der Waals surface area contributed by atoms with Crippen molar-refractivity contribution in [3.8, 4) is 0 Å². The van der Waals surface area contributed by atoms with Crippen LogP contribution in [0.15, 0.2) is 17.5 Å². The lowest BCUT2D eigenvalue weighted by Gasteiger charge is -2.36. The van der Waals surface area contributed by atoms with Crippen molar-refractivity contribution in [2.45, 2.75) is 50.0 Å². The summed E-state index contributed by atoms with van der Waals surface area (Å²) in [4.78, 5) is 1.01. The third-order valence-electron chi connectivity index (χ3n) is 4.35. The summed E-state index contributed by atoms with van der Waals surface area (Å²) in [6.07, 6.45) is 3.98. The van der Waals surface area contributed by atoms with Gasteiger partial charge >= 0.3 is 0 Å². The number of ether oxygens (including phenoxy) is 2. The number of nitrogens with one attached hydrogen (secondary N) is 1. The summed E-state index contributed by atoms with van der Waals surface area (Å²) in [6.45, 7) is 3.92. The van der Waals surface area contributed by atoms with Crippen LogP contribution in [0.5, 0.6) is 0 Å². The van der Waals surface area contributed by atoms with Gasteiger partial charge in [-0.1, -0.05) is 6.07 Å². The van der Waals surface area contributed by atoms with Crippen molar-refractivity contribution in [1.29, 1.82) is 0 Å². The van der Waals surface area contributed by atoms with Crippen molar-refractivity contribution in [1.82, 2.24) is 5.32 Å². The molecule has 20 heavy (non-hydrogen) atoms. The van der Waals surface area contributed by atoms with E-state index in [0.29, 0.717) is 12.6 Å². The Hall–Kier alpha value is -0.460. The standard InChI is InChI=1S/C15H23NO3S/c1-14(17,13-3-2-10-20-13)11-16-12-4-6-15(7-5-12)18-8-9-19-15/h2-3,10,12,16-17H,4-9,11H2,1H3/t14-/m1/s1. The lowest BCUT2D eigenvalue weighted by atomic mass is 9.89. The van der Waals surface area contributed by atoms with Gasteiger partial charge in [-0.3, -0.25) is 0 Å². The van der Waals surface area contributed by atoms with Crippen molar-refractivity contribution in [3.63, 3.8) is 0 Å². The molecule has 3 rings (SSSR count). The van der Waals surface area contributed by atoms with E-state index in [2.05, 4.69) is 5.32 Å². The Labute approximate surface area is 124 Å². The Morgan fingerprint density at radius 1 is 1.40 bits per heavy atom. The van der Waals surface area contributed by atoms with Gasteiger partial charge in [-0.05, 0) is 31.2 Å². The van der Waals surface area contributed by atoms with Gasteiger partial charge < -0.3 is 19.9 Å². The number of aliphatic hydroxyl groups is 1. The Balaban J connectivity index is 1.48. The summed E-state index contributed by atoms with van der Waals surface area (Å²) in [5.74, 6) is -0.297. The molecule has 2 heterocycles. The van der Waals surface area contributed by atoms with E-state index >= 15 is 0 Å². The molecule has 0 amide bonds. The highest BCUT2D eigenvalue weighted by atomic mass is 32.1. The van der Waals surface area contributed by atoms with Gasteiger partial charge in [0.2, 0.25) is 0 Å². The van der Waals surface area contributed by atoms with Crippen molar-refractivity contribution in [2.75, 3.05) is 19.8 Å². The summed E-state index contributed by atoms with van der Waals surface area (Å²) in [5, 5.41) is 16.0. The average Bonchev–Trinajstić information content (AvgIpc) is 3.10. The summed E-state index contributed by atoms with van der Waals surface area (Å²) in [7, 11) is 0. The van der Waals surface area contributed by atoms with E-state index in [4.69, 9.17) is 9.47 Å². The summed E-state index contributed by atoms with van der Waals surface area (Å²) in [6, 6.07) is 4.41. The zero-order valence-corrected chi connectivity index (χ0v) is 12.7. The molecule has 1 saturated carbocycles. The number of hydrogen-bond donors (Lipinski definition) is 2. The molecule has 0 aromatic carbocycles. The SMILES string of the molecule is C[C@@](O)(CNC1CCC2(CC1)OCCO2)c1cccs1. The van der Waals surface area contributed by atoms with Crippen LogP contribution in [-0.4, -0.2) is 36.7 Å². The van der Waals surface area contributed by atoms with E-state index in [0.717, 1.165) is 43.8 Å². The van der Waals surface area contributed by atoms with Crippen LogP contribution in [0.25, 0.3) is 0 Å². The average molecular weight is 297 g/mol. The second-order valence-electron chi connectivity index (χ2n) is 6.01. The minimum Gasteiger partial charge on any atom is -0.383 e. The van der Waals surface area contributed by atoms with Crippen molar-refractivity contribution in [3.05, 3.63) is 22.4 Å². The van der Waals surface area contributed by atoms with Gasteiger partial charge in [-0.15, -0.1) is 11.3 Å². The van der Waals surface area contributed by atoms with Crippen LogP contribution in [0.1, 0.15) is 37.5 Å². The molecule has 0 radical (unpaired) electrons. The fraction of sp³-hybridized carbons (Fsp3) is 0.733. The number of thiophene rings is 1. The van der Waals surface area contributed by atoms with Crippen molar-refractivity contribution >= 4 is 11.3 Å². The lowest BCUT2D eigenvalue weighted by molar-refractivity contribution is -0.179. The monoisotopic (exact) mass is 297 g/mol. The molecule has 1 aliphatic heterocycles. The van der Waals surface area contributed by atoms with Crippen LogP contribution in [0.4, 0.5) is 0 Å². The summed E-state index contributed by atoms with van der Waals surface area (Å²) in [5.41, 5.74) is -0.788. The molecular formula is C15H23NO3S. The summed E-state index contributed by atoms with van der Waals surface area (Å²) < 4.78 is 11.5. The Bertz CT molecular complexity index is 416. The molecule has 1 atom stereocenters. The molecule has 1 aromatic heterocycles. The van der Waals surface area contributed by atoms with Gasteiger partial charge in [0.05, 0.1) is 13.2 Å². The highest BCUT2D eigenvalue weighted by Crippen LogP contribution is 2.36. The second kappa shape index (κ2) is 5.73. The minimum atomic E-state index is -0.788. The van der Waals surface area contributed by atoms with Crippen molar-refractivity contribution < 1.29 is 14.6 Å². The van der Waals surface area contributed by atoms with Crippen LogP contribution < -0.4 is 5.32 Å². The van der Waals surface area contributed by atoms with E-state index in [1.165, 1.54) is 0 Å². The molecule has 1 aliphatic carbocycles. The minimum absolute atomic E-state index is 0.297. The molecule has 0 unspecified atom stereocenters. The maximum absolute atomic E-state index is 10.5. The third-order valence-corrected chi connectivity index (χ3v) is 5.47. The first-order valence-corrected chi connectivity index (χ1v) is 8.25. The van der Waals surface area contributed by atoms with Gasteiger partial charge in [0.1, 0.15) is 5.60 Å². The first-order chi connectivity index (χ1) is 9.60. The molecule has 5 heteroatoms. The molecule has 4 nitrogen and oxygen atoms in total. The maximum atomic E-state index is 10.5. The highest BCUT2D eigenvalue weighted by molar-refractivity contribution is 7.10. The molecule has 2 aliphatic rings. The highest BCUT2D eigenvalue weighted by Gasteiger charge is 2.40. The molecular weight excluding hydrogens is 274 g/mol. The van der Waals surface area contributed by atoms with Gasteiger partial charge in [0, 0.05) is 30.3 Å². The molecule has 2 fully saturated rings. The lowest BCUT2D eigenvalue weighted by Crippen LogP contribution is -2.45. The van der Waals surface area contributed by atoms with E-state index in [-0.39, 0.29) is 5.79 Å². The molecule has 0 bridgehead atoms. The molecule has 1 saturated heterocycles. The van der Waals surface area contributed by atoms with Crippen LogP contribution in [0.2, 0.25) is 0 Å². The van der Waals surface area contributed by atoms with Crippen LogP contribution in [-0.2, 0) is 15.1 Å². The van der Waals surface area contributed by atoms with E-state index in [1.54, 1.807) is 11.3 Å². The Morgan fingerprint density at radius 2 is 2.10 bits per heavy atom. The fourth-order valence-electron chi connectivity index (χ4n) is 3.06. The maximum Gasteiger partial charge on any atom is 0.168 e. The van der Waals surface area contributed by atoms with Crippen molar-refractivity contribution in [2.24, 2.45) is 0 Å². The first kappa shape index (κ1) is 14.5. The van der Waals surface area contributed by atoms with E-state index < -0.39 is 5.60 Å². The van der Waals surface area contributed by atoms with Crippen LogP contribution in [0, 0.1) is 0 Å². The van der Waals surface area contributed by atoms with E-state index in [1.807, 2.05) is 24.4 Å².